The number of likely N-dealkylation sites (N-methyl/N-ethyl adjacent to an activating group) is 1. The van der Waals surface area contributed by atoms with Crippen LogP contribution in [0.3, 0.4) is 0 Å². The molecule has 0 fully saturated rings. The van der Waals surface area contributed by atoms with E-state index in [9.17, 15) is 9.59 Å². The monoisotopic (exact) mass is 298 g/mol. The van der Waals surface area contributed by atoms with Crippen LogP contribution in [-0.4, -0.2) is 38.0 Å². The quantitative estimate of drug-likeness (QED) is 0.662. The molecule has 1 unspecified atom stereocenters. The molecule has 1 aromatic rings. The molecule has 0 aliphatic carbocycles. The van der Waals surface area contributed by atoms with Crippen LogP contribution in [-0.2, 0) is 9.59 Å². The second-order valence-corrected chi connectivity index (χ2v) is 6.32. The van der Waals surface area contributed by atoms with Gasteiger partial charge in [-0.15, -0.1) is 11.3 Å². The average Bonchev–Trinajstić information content (AvgIpc) is 2.79. The van der Waals surface area contributed by atoms with Crippen LogP contribution in [0.25, 0.3) is 0 Å². The Bertz CT molecular complexity index is 432. The molecular formula is C14H24N3O2S+. The molecule has 0 aromatic carbocycles. The molecule has 2 amide bonds. The number of thiophene rings is 1. The molecule has 6 heteroatoms. The van der Waals surface area contributed by atoms with Crippen molar-refractivity contribution < 1.29 is 14.5 Å². The van der Waals surface area contributed by atoms with E-state index in [4.69, 9.17) is 0 Å². The molecule has 20 heavy (non-hydrogen) atoms. The van der Waals surface area contributed by atoms with Crippen molar-refractivity contribution >= 4 is 23.2 Å². The van der Waals surface area contributed by atoms with E-state index in [-0.39, 0.29) is 23.9 Å². The summed E-state index contributed by atoms with van der Waals surface area (Å²) in [4.78, 5) is 25.5. The van der Waals surface area contributed by atoms with Crippen LogP contribution in [0.15, 0.2) is 17.5 Å². The van der Waals surface area contributed by atoms with E-state index in [2.05, 4.69) is 10.6 Å². The lowest BCUT2D eigenvalue weighted by molar-refractivity contribution is -0.862. The second-order valence-electron chi connectivity index (χ2n) is 5.34. The molecule has 5 nitrogen and oxygen atoms in total. The highest BCUT2D eigenvalue weighted by Gasteiger charge is 2.16. The van der Waals surface area contributed by atoms with Gasteiger partial charge in [-0.25, -0.2) is 0 Å². The van der Waals surface area contributed by atoms with Gasteiger partial charge in [-0.1, -0.05) is 6.07 Å². The fourth-order valence-electron chi connectivity index (χ4n) is 1.88. The van der Waals surface area contributed by atoms with Crippen LogP contribution >= 0.6 is 11.3 Å². The van der Waals surface area contributed by atoms with Crippen molar-refractivity contribution in [3.05, 3.63) is 22.4 Å². The molecule has 0 aliphatic rings. The Morgan fingerprint density at radius 2 is 1.80 bits per heavy atom. The fourth-order valence-corrected chi connectivity index (χ4v) is 2.62. The van der Waals surface area contributed by atoms with Gasteiger partial charge in [-0.05, 0) is 32.2 Å². The molecule has 0 spiro atoms. The van der Waals surface area contributed by atoms with E-state index < -0.39 is 0 Å². The predicted octanol–water partition coefficient (Wildman–Crippen LogP) is -0.0354. The molecular weight excluding hydrogens is 274 g/mol. The van der Waals surface area contributed by atoms with Crippen LogP contribution < -0.4 is 15.5 Å². The van der Waals surface area contributed by atoms with Crippen molar-refractivity contribution in [2.45, 2.75) is 32.9 Å². The number of carbonyl (C=O) groups excluding carboxylic acids is 2. The predicted molar refractivity (Wildman–Crippen MR) is 80.8 cm³/mol. The van der Waals surface area contributed by atoms with Gasteiger partial charge in [0.25, 0.3) is 11.8 Å². The van der Waals surface area contributed by atoms with Crippen LogP contribution in [0.5, 0.6) is 0 Å². The molecule has 2 atom stereocenters. The Balaban J connectivity index is 2.33. The Kier molecular flexibility index (Phi) is 6.67. The summed E-state index contributed by atoms with van der Waals surface area (Å²) >= 11 is 1.62. The Hall–Kier alpha value is -1.40. The number of hydrogen-bond acceptors (Lipinski definition) is 3. The molecule has 1 rings (SSSR count). The van der Waals surface area contributed by atoms with Gasteiger partial charge in [0.2, 0.25) is 0 Å². The summed E-state index contributed by atoms with van der Waals surface area (Å²) in [6.45, 7) is 6.40. The number of hydrogen-bond donors (Lipinski definition) is 3. The van der Waals surface area contributed by atoms with Gasteiger partial charge in [0.1, 0.15) is 0 Å². The molecule has 0 saturated carbocycles. The fraction of sp³-hybridized carbons (Fsp3) is 0.571. The third-order valence-electron chi connectivity index (χ3n) is 2.72. The molecule has 3 N–H and O–H groups in total. The van der Waals surface area contributed by atoms with E-state index in [1.54, 1.807) is 11.3 Å². The third kappa shape index (κ3) is 6.16. The van der Waals surface area contributed by atoms with Crippen LogP contribution in [0, 0.1) is 0 Å². The number of amides is 2. The molecule has 1 aromatic heterocycles. The topological polar surface area (TPSA) is 62.6 Å². The maximum absolute atomic E-state index is 11.9. The Morgan fingerprint density at radius 1 is 1.20 bits per heavy atom. The highest BCUT2D eigenvalue weighted by atomic mass is 32.1. The zero-order valence-electron chi connectivity index (χ0n) is 12.5. The molecule has 0 bridgehead atoms. The van der Waals surface area contributed by atoms with Gasteiger partial charge in [0, 0.05) is 10.9 Å². The van der Waals surface area contributed by atoms with Gasteiger partial charge in [0.05, 0.1) is 13.1 Å². The third-order valence-corrected chi connectivity index (χ3v) is 3.78. The summed E-state index contributed by atoms with van der Waals surface area (Å²) in [7, 11) is 1.84. The summed E-state index contributed by atoms with van der Waals surface area (Å²) in [5.41, 5.74) is 0. The first-order valence-electron chi connectivity index (χ1n) is 6.82. The molecule has 1 heterocycles. The van der Waals surface area contributed by atoms with E-state index in [1.165, 1.54) is 0 Å². The maximum Gasteiger partial charge on any atom is 0.275 e. The van der Waals surface area contributed by atoms with E-state index in [0.29, 0.717) is 13.1 Å². The van der Waals surface area contributed by atoms with Crippen LogP contribution in [0.4, 0.5) is 0 Å². The first-order valence-corrected chi connectivity index (χ1v) is 7.70. The maximum atomic E-state index is 11.9. The summed E-state index contributed by atoms with van der Waals surface area (Å²) < 4.78 is 0. The SMILES string of the molecule is CC(C)NC(=O)C[NH+](C)CC(=O)N[C@@H](C)c1cccs1. The minimum absolute atomic E-state index is 0.0137. The van der Waals surface area contributed by atoms with Gasteiger partial charge in [0.15, 0.2) is 13.1 Å². The zero-order chi connectivity index (χ0) is 15.1. The minimum Gasteiger partial charge on any atom is -0.349 e. The Labute approximate surface area is 124 Å². The molecule has 112 valence electrons. The van der Waals surface area contributed by atoms with Gasteiger partial charge in [-0.2, -0.15) is 0 Å². The molecule has 0 saturated heterocycles. The van der Waals surface area contributed by atoms with Crippen molar-refractivity contribution in [2.75, 3.05) is 20.1 Å². The van der Waals surface area contributed by atoms with E-state index in [0.717, 1.165) is 9.78 Å². The summed E-state index contributed by atoms with van der Waals surface area (Å²) in [6.07, 6.45) is 0. The van der Waals surface area contributed by atoms with Gasteiger partial charge < -0.3 is 15.5 Å². The van der Waals surface area contributed by atoms with E-state index in [1.807, 2.05) is 45.3 Å². The highest BCUT2D eigenvalue weighted by molar-refractivity contribution is 7.10. The summed E-state index contributed by atoms with van der Waals surface area (Å²) in [6, 6.07) is 4.11. The minimum atomic E-state index is -0.0410. The summed E-state index contributed by atoms with van der Waals surface area (Å²) in [5.74, 6) is -0.0719. The average molecular weight is 298 g/mol. The second kappa shape index (κ2) is 8.01. The lowest BCUT2D eigenvalue weighted by Crippen LogP contribution is -3.11. The lowest BCUT2D eigenvalue weighted by Gasteiger charge is -2.17. The molecule has 0 aliphatic heterocycles. The number of rotatable bonds is 7. The van der Waals surface area contributed by atoms with Crippen molar-refractivity contribution in [2.24, 2.45) is 0 Å². The standard InChI is InChI=1S/C14H23N3O2S/c1-10(2)15-13(18)8-17(4)9-14(19)16-11(3)12-6-5-7-20-12/h5-7,10-11H,8-9H2,1-4H3,(H,15,18)(H,16,19)/p+1/t11-/m0/s1. The summed E-state index contributed by atoms with van der Waals surface area (Å²) in [5, 5.41) is 7.76. The number of nitrogens with one attached hydrogen (secondary N) is 3. The number of quaternary nitrogens is 1. The zero-order valence-corrected chi connectivity index (χ0v) is 13.3. The Morgan fingerprint density at radius 3 is 2.30 bits per heavy atom. The number of carbonyl (C=O) groups is 2. The van der Waals surface area contributed by atoms with Crippen LogP contribution in [0.2, 0.25) is 0 Å². The van der Waals surface area contributed by atoms with Gasteiger partial charge >= 0.3 is 0 Å². The normalized spacial score (nSPS) is 13.8. The smallest absolute Gasteiger partial charge is 0.275 e. The highest BCUT2D eigenvalue weighted by Crippen LogP contribution is 2.17. The van der Waals surface area contributed by atoms with Crippen molar-refractivity contribution in [1.82, 2.24) is 10.6 Å². The van der Waals surface area contributed by atoms with Crippen molar-refractivity contribution in [3.8, 4) is 0 Å². The van der Waals surface area contributed by atoms with Crippen LogP contribution in [0.1, 0.15) is 31.7 Å². The first-order chi connectivity index (χ1) is 9.38. The molecule has 0 radical (unpaired) electrons. The van der Waals surface area contributed by atoms with E-state index >= 15 is 0 Å². The van der Waals surface area contributed by atoms with Crippen molar-refractivity contribution in [1.29, 1.82) is 0 Å². The van der Waals surface area contributed by atoms with Gasteiger partial charge in [-0.3, -0.25) is 9.59 Å². The first kappa shape index (κ1) is 16.7. The lowest BCUT2D eigenvalue weighted by atomic mass is 10.2. The van der Waals surface area contributed by atoms with Crippen molar-refractivity contribution in [3.63, 3.8) is 0 Å². The largest absolute Gasteiger partial charge is 0.349 e.